The van der Waals surface area contributed by atoms with Crippen molar-refractivity contribution >= 4 is 0 Å². The van der Waals surface area contributed by atoms with Gasteiger partial charge in [-0.25, -0.2) is 0 Å². The summed E-state index contributed by atoms with van der Waals surface area (Å²) in [6, 6.07) is -0.301. The van der Waals surface area contributed by atoms with E-state index in [1.165, 1.54) is 0 Å². The van der Waals surface area contributed by atoms with Gasteiger partial charge in [-0.05, 0) is 13.3 Å². The van der Waals surface area contributed by atoms with E-state index in [0.717, 1.165) is 0 Å². The Hall–Kier alpha value is 0.334. The Balaban J connectivity index is 0. The van der Waals surface area contributed by atoms with E-state index in [-0.39, 0.29) is 22.5 Å². The second kappa shape index (κ2) is 6.07. The third-order valence-electron chi connectivity index (χ3n) is 1.16. The molecule has 4 nitrogen and oxygen atoms in total. The smallest absolute Gasteiger partial charge is 0.0664 e. The Morgan fingerprint density at radius 1 is 1.30 bits per heavy atom. The van der Waals surface area contributed by atoms with Crippen LogP contribution in [0.2, 0.25) is 0 Å². The molecule has 0 aromatic carbocycles. The molecule has 2 atom stereocenters. The van der Waals surface area contributed by atoms with Crippen molar-refractivity contribution in [1.29, 1.82) is 0 Å². The minimum absolute atomic E-state index is 0. The van der Waals surface area contributed by atoms with Crippen LogP contribution in [0.5, 0.6) is 0 Å². The van der Waals surface area contributed by atoms with Crippen LogP contribution in [0.1, 0.15) is 13.3 Å². The second-order valence-corrected chi connectivity index (χ2v) is 2.30. The molecule has 0 heterocycles. The maximum Gasteiger partial charge on any atom is 0.0664 e. The van der Waals surface area contributed by atoms with Gasteiger partial charge in [0.25, 0.3) is 0 Å². The minimum Gasteiger partial charge on any atom is -0.392 e. The summed E-state index contributed by atoms with van der Waals surface area (Å²) in [5.41, 5.74) is 15.8. The van der Waals surface area contributed by atoms with Gasteiger partial charge in [0.1, 0.15) is 0 Å². The van der Waals surface area contributed by atoms with E-state index in [0.29, 0.717) is 6.42 Å². The fraction of sp³-hybridized carbons (Fsp3) is 1.00. The first kappa shape index (κ1) is 13.0. The number of aliphatic hydroxyl groups is 1. The van der Waals surface area contributed by atoms with Gasteiger partial charge in [0.05, 0.1) is 12.3 Å². The Morgan fingerprint density at radius 2 is 1.70 bits per heavy atom. The van der Waals surface area contributed by atoms with Gasteiger partial charge in [0, 0.05) is 22.5 Å². The molecule has 0 spiro atoms. The Morgan fingerprint density at radius 3 is 1.80 bits per heavy atom. The number of hydrogen-bond donors (Lipinski definition) is 4. The summed E-state index contributed by atoms with van der Waals surface area (Å²) in [5, 5.41) is 8.83. The average Bonchev–Trinajstić information content (AvgIpc) is 1.63. The summed E-state index contributed by atoms with van der Waals surface area (Å²) in [5.74, 6) is 0. The topological polar surface area (TPSA) is 98.3 Å². The van der Waals surface area contributed by atoms with Crippen LogP contribution in [0.25, 0.3) is 0 Å². The van der Waals surface area contributed by atoms with Crippen LogP contribution in [0.3, 0.4) is 0 Å². The van der Waals surface area contributed by atoms with Gasteiger partial charge in [-0.2, -0.15) is 0 Å². The molecule has 0 fully saturated rings. The van der Waals surface area contributed by atoms with Crippen molar-refractivity contribution in [3.8, 4) is 0 Å². The van der Waals surface area contributed by atoms with E-state index >= 15 is 0 Å². The Labute approximate surface area is 71.1 Å². The van der Waals surface area contributed by atoms with Gasteiger partial charge >= 0.3 is 0 Å². The third-order valence-corrected chi connectivity index (χ3v) is 1.16. The van der Waals surface area contributed by atoms with Gasteiger partial charge in [0.15, 0.2) is 0 Å². The molecule has 0 aliphatic carbocycles. The van der Waals surface area contributed by atoms with Crippen molar-refractivity contribution in [2.75, 3.05) is 0 Å². The maximum atomic E-state index is 8.83. The molecule has 10 heavy (non-hydrogen) atoms. The largest absolute Gasteiger partial charge is 0.392 e. The quantitative estimate of drug-likeness (QED) is 0.317. The molecule has 5 heteroatoms. The first-order chi connectivity index (χ1) is 4.04. The van der Waals surface area contributed by atoms with Gasteiger partial charge in [-0.3, -0.25) is 0 Å². The van der Waals surface area contributed by atoms with Crippen molar-refractivity contribution < 1.29 is 21.6 Å². The van der Waals surface area contributed by atoms with Gasteiger partial charge in [0.2, 0.25) is 0 Å². The molecule has 0 aliphatic rings. The van der Waals surface area contributed by atoms with Crippen molar-refractivity contribution in [3.63, 3.8) is 0 Å². The molecule has 66 valence electrons. The molecule has 0 amide bonds. The molecule has 0 rings (SSSR count). The van der Waals surface area contributed by atoms with E-state index in [9.17, 15) is 0 Å². The number of nitrogens with two attached hydrogens (primary N) is 3. The van der Waals surface area contributed by atoms with Crippen molar-refractivity contribution in [1.82, 2.24) is 0 Å². The fourth-order valence-corrected chi connectivity index (χ4v) is 0.511. The van der Waals surface area contributed by atoms with Crippen LogP contribution in [-0.4, -0.2) is 23.4 Å². The maximum absolute atomic E-state index is 8.83. The molecular weight excluding hydrogens is 177 g/mol. The molecule has 0 aliphatic heterocycles. The normalized spacial score (nSPS) is 16.2. The summed E-state index contributed by atoms with van der Waals surface area (Å²) < 4.78 is 0. The van der Waals surface area contributed by atoms with E-state index in [4.69, 9.17) is 22.3 Å². The van der Waals surface area contributed by atoms with Crippen molar-refractivity contribution in [2.45, 2.75) is 31.7 Å². The van der Waals surface area contributed by atoms with Gasteiger partial charge in [-0.1, -0.05) is 0 Å². The van der Waals surface area contributed by atoms with Gasteiger partial charge in [-0.15, -0.1) is 0 Å². The zero-order valence-electron chi connectivity index (χ0n) is 5.93. The summed E-state index contributed by atoms with van der Waals surface area (Å²) in [6.07, 6.45) is -0.494. The van der Waals surface area contributed by atoms with E-state index < -0.39 is 12.3 Å². The Bertz CT molecular complexity index is 79.3. The summed E-state index contributed by atoms with van der Waals surface area (Å²) >= 11 is 0. The fourth-order valence-electron chi connectivity index (χ4n) is 0.511. The van der Waals surface area contributed by atoms with E-state index in [2.05, 4.69) is 0 Å². The third kappa shape index (κ3) is 6.45. The van der Waals surface area contributed by atoms with Gasteiger partial charge < -0.3 is 22.3 Å². The molecule has 0 bridgehead atoms. The number of rotatable bonds is 3. The molecule has 0 radical (unpaired) electrons. The number of aliphatic hydroxyl groups excluding tert-OH is 1. The zero-order valence-corrected chi connectivity index (χ0v) is 6.92. The standard InChI is InChI=1S/C5H15N3O.Ni/c1-3(9)4(6)2-5(7)8;/h3-5,9H,2,6-8H2,1H3;. The molecule has 0 aromatic heterocycles. The number of hydrogen-bond acceptors (Lipinski definition) is 4. The second-order valence-electron chi connectivity index (χ2n) is 2.30. The van der Waals surface area contributed by atoms with Crippen molar-refractivity contribution in [2.24, 2.45) is 17.2 Å². The van der Waals surface area contributed by atoms with Crippen LogP contribution < -0.4 is 17.2 Å². The molecule has 0 saturated heterocycles. The predicted molar refractivity (Wildman–Crippen MR) is 36.4 cm³/mol. The first-order valence-electron chi connectivity index (χ1n) is 2.99. The SMILES string of the molecule is CC(O)C(N)CC(N)N.[Ni]. The zero-order chi connectivity index (χ0) is 7.44. The van der Waals surface area contributed by atoms with Crippen LogP contribution in [0, 0.1) is 0 Å². The summed E-state index contributed by atoms with van der Waals surface area (Å²) in [7, 11) is 0. The van der Waals surface area contributed by atoms with E-state index in [1.807, 2.05) is 0 Å². The molecule has 7 N–H and O–H groups in total. The van der Waals surface area contributed by atoms with E-state index in [1.54, 1.807) is 6.92 Å². The van der Waals surface area contributed by atoms with Crippen LogP contribution in [0.4, 0.5) is 0 Å². The van der Waals surface area contributed by atoms with Crippen LogP contribution in [0.15, 0.2) is 0 Å². The average molecular weight is 192 g/mol. The Kier molecular flexibility index (Phi) is 7.87. The molecule has 0 aromatic rings. The minimum atomic E-state index is -0.528. The first-order valence-corrected chi connectivity index (χ1v) is 2.99. The predicted octanol–water partition coefficient (Wildman–Crippen LogP) is -1.67. The van der Waals surface area contributed by atoms with Crippen LogP contribution in [-0.2, 0) is 16.5 Å². The molecular formula is C5H15N3NiO. The van der Waals surface area contributed by atoms with Crippen LogP contribution >= 0.6 is 0 Å². The molecule has 0 saturated carbocycles. The van der Waals surface area contributed by atoms with Crippen molar-refractivity contribution in [3.05, 3.63) is 0 Å². The summed E-state index contributed by atoms with van der Waals surface area (Å²) in [6.45, 7) is 1.62. The summed E-state index contributed by atoms with van der Waals surface area (Å²) in [4.78, 5) is 0. The molecule has 2 unspecified atom stereocenters. The monoisotopic (exact) mass is 191 g/mol.